The number of hydrogen-bond donors (Lipinski definition) is 1. The van der Waals surface area contributed by atoms with Gasteiger partial charge in [-0.2, -0.15) is 0 Å². The van der Waals surface area contributed by atoms with Crippen LogP contribution in [0.3, 0.4) is 0 Å². The van der Waals surface area contributed by atoms with E-state index < -0.39 is 0 Å². The van der Waals surface area contributed by atoms with Gasteiger partial charge < -0.3 is 10.1 Å². The van der Waals surface area contributed by atoms with Gasteiger partial charge in [0.05, 0.1) is 27.9 Å². The average Bonchev–Trinajstić information content (AvgIpc) is 2.44. The molecule has 2 rings (SSSR count). The van der Waals surface area contributed by atoms with Crippen molar-refractivity contribution in [1.29, 1.82) is 0 Å². The number of ether oxygens (including phenoxy) is 1. The monoisotopic (exact) mass is 495 g/mol. The Balaban J connectivity index is 2.34. The standard InChI is InChI=1S/C14H9Br3ClNO2/c1-21-12-6-11(9(16)5-10(12)17)19-14(20)7-3-2-4-8(15)13(7)18/h2-6H,1H3,(H,19,20). The minimum atomic E-state index is -0.300. The van der Waals surface area contributed by atoms with Crippen molar-refractivity contribution >= 4 is 71.0 Å². The molecule has 0 saturated heterocycles. The summed E-state index contributed by atoms with van der Waals surface area (Å²) in [5.41, 5.74) is 0.982. The van der Waals surface area contributed by atoms with Crippen LogP contribution in [0.1, 0.15) is 10.4 Å². The van der Waals surface area contributed by atoms with Gasteiger partial charge in [0.15, 0.2) is 0 Å². The lowest BCUT2D eigenvalue weighted by Gasteiger charge is -2.12. The first-order valence-corrected chi connectivity index (χ1v) is 8.48. The summed E-state index contributed by atoms with van der Waals surface area (Å²) in [6.07, 6.45) is 0. The van der Waals surface area contributed by atoms with E-state index in [1.807, 2.05) is 0 Å². The molecular formula is C14H9Br3ClNO2. The number of hydrogen-bond acceptors (Lipinski definition) is 2. The zero-order chi connectivity index (χ0) is 15.6. The highest BCUT2D eigenvalue weighted by molar-refractivity contribution is 9.11. The second kappa shape index (κ2) is 7.13. The lowest BCUT2D eigenvalue weighted by molar-refractivity contribution is 0.102. The van der Waals surface area contributed by atoms with Gasteiger partial charge in [0, 0.05) is 15.0 Å². The third-order valence-electron chi connectivity index (χ3n) is 2.69. The van der Waals surface area contributed by atoms with E-state index in [2.05, 4.69) is 53.1 Å². The zero-order valence-electron chi connectivity index (χ0n) is 10.7. The molecule has 0 atom stereocenters. The topological polar surface area (TPSA) is 38.3 Å². The maximum atomic E-state index is 12.3. The Bertz CT molecular complexity index is 707. The summed E-state index contributed by atoms with van der Waals surface area (Å²) in [4.78, 5) is 12.3. The molecule has 21 heavy (non-hydrogen) atoms. The third-order valence-corrected chi connectivity index (χ3v) is 5.26. The molecule has 0 saturated carbocycles. The molecular weight excluding hydrogens is 489 g/mol. The fourth-order valence-electron chi connectivity index (χ4n) is 1.65. The van der Waals surface area contributed by atoms with E-state index in [-0.39, 0.29) is 5.91 Å². The van der Waals surface area contributed by atoms with Crippen LogP contribution in [0.5, 0.6) is 5.75 Å². The van der Waals surface area contributed by atoms with Crippen LogP contribution < -0.4 is 10.1 Å². The molecule has 110 valence electrons. The Hall–Kier alpha value is -0.560. The van der Waals surface area contributed by atoms with Crippen LogP contribution in [0.25, 0.3) is 0 Å². The lowest BCUT2D eigenvalue weighted by Crippen LogP contribution is -2.13. The van der Waals surface area contributed by atoms with Gasteiger partial charge in [-0.05, 0) is 66.0 Å². The van der Waals surface area contributed by atoms with Crippen molar-refractivity contribution in [2.24, 2.45) is 0 Å². The molecule has 0 radical (unpaired) electrons. The highest BCUT2D eigenvalue weighted by atomic mass is 79.9. The zero-order valence-corrected chi connectivity index (χ0v) is 16.2. The number of methoxy groups -OCH3 is 1. The predicted octanol–water partition coefficient (Wildman–Crippen LogP) is 5.89. The number of carbonyl (C=O) groups is 1. The number of halogens is 4. The van der Waals surface area contributed by atoms with Crippen molar-refractivity contribution < 1.29 is 9.53 Å². The quantitative estimate of drug-likeness (QED) is 0.574. The molecule has 0 spiro atoms. The Labute approximate surface area is 152 Å². The smallest absolute Gasteiger partial charge is 0.257 e. The molecule has 0 aliphatic heterocycles. The highest BCUT2D eigenvalue weighted by Gasteiger charge is 2.15. The second-order valence-corrected chi connectivity index (χ2v) is 6.96. The SMILES string of the molecule is COc1cc(NC(=O)c2cccc(Br)c2Cl)c(Br)cc1Br. The van der Waals surface area contributed by atoms with E-state index in [0.717, 1.165) is 8.95 Å². The summed E-state index contributed by atoms with van der Waals surface area (Å²) in [5.74, 6) is 0.320. The molecule has 1 N–H and O–H groups in total. The number of rotatable bonds is 3. The van der Waals surface area contributed by atoms with Crippen molar-refractivity contribution in [3.63, 3.8) is 0 Å². The summed E-state index contributed by atoms with van der Waals surface area (Å²) < 4.78 is 7.41. The van der Waals surface area contributed by atoms with Crippen molar-refractivity contribution in [1.82, 2.24) is 0 Å². The molecule has 0 heterocycles. The Kier molecular flexibility index (Phi) is 5.71. The van der Waals surface area contributed by atoms with Gasteiger partial charge in [0.2, 0.25) is 0 Å². The van der Waals surface area contributed by atoms with Gasteiger partial charge in [-0.1, -0.05) is 17.7 Å². The fourth-order valence-corrected chi connectivity index (χ4v) is 3.48. The minimum absolute atomic E-state index is 0.300. The molecule has 7 heteroatoms. The van der Waals surface area contributed by atoms with E-state index in [4.69, 9.17) is 16.3 Å². The normalized spacial score (nSPS) is 10.3. The first kappa shape index (κ1) is 16.8. The maximum absolute atomic E-state index is 12.3. The summed E-state index contributed by atoms with van der Waals surface area (Å²) in [7, 11) is 1.56. The van der Waals surface area contributed by atoms with Crippen LogP contribution in [0, 0.1) is 0 Å². The molecule has 0 aliphatic carbocycles. The first-order chi connectivity index (χ1) is 9.93. The van der Waals surface area contributed by atoms with Crippen LogP contribution >= 0.6 is 59.4 Å². The molecule has 0 aromatic heterocycles. The number of nitrogens with one attached hydrogen (secondary N) is 1. The Morgan fingerprint density at radius 3 is 2.52 bits per heavy atom. The number of benzene rings is 2. The third kappa shape index (κ3) is 3.80. The van der Waals surface area contributed by atoms with E-state index in [9.17, 15) is 4.79 Å². The van der Waals surface area contributed by atoms with E-state index in [1.54, 1.807) is 37.4 Å². The van der Waals surface area contributed by atoms with Crippen LogP contribution in [0.2, 0.25) is 5.02 Å². The predicted molar refractivity (Wildman–Crippen MR) is 95.5 cm³/mol. The summed E-state index contributed by atoms with van der Waals surface area (Å²) in [6, 6.07) is 8.71. The lowest BCUT2D eigenvalue weighted by atomic mass is 10.2. The largest absolute Gasteiger partial charge is 0.495 e. The van der Waals surface area contributed by atoms with Crippen LogP contribution in [-0.4, -0.2) is 13.0 Å². The second-order valence-electron chi connectivity index (χ2n) is 4.02. The van der Waals surface area contributed by atoms with Crippen LogP contribution in [0.15, 0.2) is 43.7 Å². The average molecular weight is 498 g/mol. The summed E-state index contributed by atoms with van der Waals surface area (Å²) in [5, 5.41) is 3.18. The van der Waals surface area contributed by atoms with Gasteiger partial charge in [-0.3, -0.25) is 4.79 Å². The van der Waals surface area contributed by atoms with Gasteiger partial charge in [-0.25, -0.2) is 0 Å². The van der Waals surface area contributed by atoms with Gasteiger partial charge in [-0.15, -0.1) is 0 Å². The Morgan fingerprint density at radius 1 is 1.14 bits per heavy atom. The molecule has 3 nitrogen and oxygen atoms in total. The molecule has 0 fully saturated rings. The van der Waals surface area contributed by atoms with Gasteiger partial charge in [0.25, 0.3) is 5.91 Å². The van der Waals surface area contributed by atoms with Gasteiger partial charge >= 0.3 is 0 Å². The molecule has 2 aromatic carbocycles. The van der Waals surface area contributed by atoms with Crippen molar-refractivity contribution in [2.75, 3.05) is 12.4 Å². The summed E-state index contributed by atoms with van der Waals surface area (Å²) in [6.45, 7) is 0. The molecule has 1 amide bonds. The Morgan fingerprint density at radius 2 is 1.86 bits per heavy atom. The molecule has 0 unspecified atom stereocenters. The minimum Gasteiger partial charge on any atom is -0.495 e. The van der Waals surface area contributed by atoms with Gasteiger partial charge in [0.1, 0.15) is 5.75 Å². The van der Waals surface area contributed by atoms with E-state index in [0.29, 0.717) is 26.5 Å². The first-order valence-electron chi connectivity index (χ1n) is 5.72. The maximum Gasteiger partial charge on any atom is 0.257 e. The molecule has 0 bridgehead atoms. The molecule has 2 aromatic rings. The number of anilines is 1. The van der Waals surface area contributed by atoms with Crippen molar-refractivity contribution in [3.8, 4) is 5.75 Å². The number of carbonyl (C=O) groups excluding carboxylic acids is 1. The van der Waals surface area contributed by atoms with Crippen LogP contribution in [-0.2, 0) is 0 Å². The van der Waals surface area contributed by atoms with E-state index >= 15 is 0 Å². The number of amides is 1. The van der Waals surface area contributed by atoms with Crippen molar-refractivity contribution in [3.05, 3.63) is 54.3 Å². The highest BCUT2D eigenvalue weighted by Crippen LogP contribution is 2.35. The fraction of sp³-hybridized carbons (Fsp3) is 0.0714. The van der Waals surface area contributed by atoms with E-state index in [1.165, 1.54) is 0 Å². The van der Waals surface area contributed by atoms with Crippen molar-refractivity contribution in [2.45, 2.75) is 0 Å². The van der Waals surface area contributed by atoms with Crippen LogP contribution in [0.4, 0.5) is 5.69 Å². The summed E-state index contributed by atoms with van der Waals surface area (Å²) >= 11 is 16.2. The molecule has 0 aliphatic rings.